The van der Waals surface area contributed by atoms with Crippen molar-refractivity contribution in [1.82, 2.24) is 10.7 Å². The Bertz CT molecular complexity index is 1340. The van der Waals surface area contributed by atoms with Crippen LogP contribution in [0.4, 0.5) is 5.69 Å². The zero-order valence-corrected chi connectivity index (χ0v) is 21.7. The molecule has 1 atom stereocenters. The van der Waals surface area contributed by atoms with Gasteiger partial charge in [0.1, 0.15) is 12.3 Å². The molecule has 37 heavy (non-hydrogen) atoms. The molecule has 0 saturated carbocycles. The summed E-state index contributed by atoms with van der Waals surface area (Å²) in [7, 11) is -3.67. The first kappa shape index (κ1) is 27.4. The van der Waals surface area contributed by atoms with Gasteiger partial charge in [0.25, 0.3) is 11.8 Å². The number of benzene rings is 3. The number of ether oxygens (including phenoxy) is 1. The standard InChI is InChI=1S/C27H30N4O5S/c1-20-8-7-11-24(16-20)31(37(3,34)35)18-26(32)30-28-17-22-12-14-25(15-13-22)36-19-27(33)29-21(2)23-9-5-4-6-10-23/h4-17,21H,18-19H2,1-3H3,(H,29,33)(H,30,32)/b28-17-/t21-/m0/s1. The molecule has 0 aliphatic heterocycles. The molecule has 3 aromatic carbocycles. The van der Waals surface area contributed by atoms with Crippen LogP contribution in [0.15, 0.2) is 84.0 Å². The van der Waals surface area contributed by atoms with E-state index >= 15 is 0 Å². The maximum atomic E-state index is 12.3. The topological polar surface area (TPSA) is 117 Å². The Morgan fingerprint density at radius 1 is 1.00 bits per heavy atom. The lowest BCUT2D eigenvalue weighted by Crippen LogP contribution is -2.39. The summed E-state index contributed by atoms with van der Waals surface area (Å²) >= 11 is 0. The Kier molecular flexibility index (Phi) is 9.39. The third kappa shape index (κ3) is 8.76. The van der Waals surface area contributed by atoms with E-state index in [2.05, 4.69) is 15.8 Å². The van der Waals surface area contributed by atoms with Gasteiger partial charge in [-0.15, -0.1) is 0 Å². The molecule has 0 spiro atoms. The molecule has 0 fully saturated rings. The summed E-state index contributed by atoms with van der Waals surface area (Å²) in [4.78, 5) is 24.5. The Morgan fingerprint density at radius 2 is 1.70 bits per heavy atom. The van der Waals surface area contributed by atoms with Crippen LogP contribution in [-0.4, -0.2) is 45.9 Å². The molecule has 9 nitrogen and oxygen atoms in total. The van der Waals surface area contributed by atoms with Gasteiger partial charge in [-0.1, -0.05) is 42.5 Å². The predicted octanol–water partition coefficient (Wildman–Crippen LogP) is 3.17. The van der Waals surface area contributed by atoms with Crippen molar-refractivity contribution in [2.45, 2.75) is 19.9 Å². The van der Waals surface area contributed by atoms with Crippen molar-refractivity contribution in [1.29, 1.82) is 0 Å². The normalized spacial score (nSPS) is 12.1. The molecule has 0 aromatic heterocycles. The molecule has 0 aliphatic carbocycles. The van der Waals surface area contributed by atoms with Crippen molar-refractivity contribution >= 4 is 33.7 Å². The summed E-state index contributed by atoms with van der Waals surface area (Å²) in [6, 6.07) is 23.2. The highest BCUT2D eigenvalue weighted by Gasteiger charge is 2.20. The van der Waals surface area contributed by atoms with E-state index < -0.39 is 22.5 Å². The largest absolute Gasteiger partial charge is 0.484 e. The SMILES string of the molecule is Cc1cccc(N(CC(=O)N/N=C\c2ccc(OCC(=O)N[C@@H](C)c3ccccc3)cc2)S(C)(=O)=O)c1. The number of hydrogen-bond donors (Lipinski definition) is 2. The van der Waals surface area contributed by atoms with Crippen molar-refractivity contribution in [2.75, 3.05) is 23.7 Å². The predicted molar refractivity (Wildman–Crippen MR) is 144 cm³/mol. The van der Waals surface area contributed by atoms with Crippen molar-refractivity contribution in [3.05, 3.63) is 95.6 Å². The Balaban J connectivity index is 1.48. The van der Waals surface area contributed by atoms with E-state index in [1.807, 2.05) is 50.2 Å². The minimum absolute atomic E-state index is 0.127. The maximum absolute atomic E-state index is 12.3. The minimum Gasteiger partial charge on any atom is -0.484 e. The second kappa shape index (κ2) is 12.7. The van der Waals surface area contributed by atoms with Crippen LogP contribution in [0, 0.1) is 6.92 Å². The first-order valence-corrected chi connectivity index (χ1v) is 13.4. The first-order valence-electron chi connectivity index (χ1n) is 11.6. The molecular formula is C27H30N4O5S. The summed E-state index contributed by atoms with van der Waals surface area (Å²) in [6.07, 6.45) is 2.47. The van der Waals surface area contributed by atoms with Gasteiger partial charge in [0.05, 0.1) is 24.2 Å². The van der Waals surface area contributed by atoms with Crippen LogP contribution in [0.3, 0.4) is 0 Å². The van der Waals surface area contributed by atoms with Gasteiger partial charge in [-0.05, 0) is 66.9 Å². The minimum atomic E-state index is -3.67. The highest BCUT2D eigenvalue weighted by molar-refractivity contribution is 7.92. The van der Waals surface area contributed by atoms with Crippen molar-refractivity contribution in [3.63, 3.8) is 0 Å². The molecule has 0 aliphatic rings. The molecule has 2 N–H and O–H groups in total. The van der Waals surface area contributed by atoms with E-state index in [1.165, 1.54) is 6.21 Å². The lowest BCUT2D eigenvalue weighted by molar-refractivity contribution is -0.123. The van der Waals surface area contributed by atoms with Gasteiger partial charge in [0.15, 0.2) is 6.61 Å². The number of hydrazone groups is 1. The van der Waals surface area contributed by atoms with Gasteiger partial charge in [0.2, 0.25) is 10.0 Å². The van der Waals surface area contributed by atoms with E-state index in [-0.39, 0.29) is 18.6 Å². The average Bonchev–Trinajstić information content (AvgIpc) is 2.86. The van der Waals surface area contributed by atoms with Gasteiger partial charge in [-0.2, -0.15) is 5.10 Å². The lowest BCUT2D eigenvalue weighted by Gasteiger charge is -2.21. The summed E-state index contributed by atoms with van der Waals surface area (Å²) in [5.74, 6) is -0.317. The van der Waals surface area contributed by atoms with E-state index in [0.29, 0.717) is 17.0 Å². The molecule has 0 saturated heterocycles. The third-order valence-electron chi connectivity index (χ3n) is 5.31. The molecule has 3 rings (SSSR count). The van der Waals surface area contributed by atoms with Crippen LogP contribution in [0.5, 0.6) is 5.75 Å². The molecule has 3 aromatic rings. The molecule has 0 unspecified atom stereocenters. The smallest absolute Gasteiger partial charge is 0.260 e. The number of sulfonamides is 1. The fraction of sp³-hybridized carbons (Fsp3) is 0.222. The fourth-order valence-electron chi connectivity index (χ4n) is 3.43. The van der Waals surface area contributed by atoms with Crippen LogP contribution in [0.1, 0.15) is 29.7 Å². The van der Waals surface area contributed by atoms with E-state index in [9.17, 15) is 18.0 Å². The highest BCUT2D eigenvalue weighted by Crippen LogP contribution is 2.18. The molecule has 0 heterocycles. The number of rotatable bonds is 11. The number of amides is 2. The fourth-order valence-corrected chi connectivity index (χ4v) is 4.28. The molecule has 0 radical (unpaired) electrons. The van der Waals surface area contributed by atoms with Crippen LogP contribution < -0.4 is 19.8 Å². The van der Waals surface area contributed by atoms with Gasteiger partial charge >= 0.3 is 0 Å². The van der Waals surface area contributed by atoms with E-state index in [0.717, 1.165) is 21.7 Å². The maximum Gasteiger partial charge on any atom is 0.260 e. The number of nitrogens with one attached hydrogen (secondary N) is 2. The summed E-state index contributed by atoms with van der Waals surface area (Å²) < 4.78 is 30.9. The second-order valence-corrected chi connectivity index (χ2v) is 10.4. The zero-order chi connectivity index (χ0) is 26.8. The summed E-state index contributed by atoms with van der Waals surface area (Å²) in [5, 5.41) is 6.79. The van der Waals surface area contributed by atoms with Gasteiger partial charge in [0, 0.05) is 0 Å². The van der Waals surface area contributed by atoms with Crippen molar-refractivity contribution < 1.29 is 22.7 Å². The molecule has 10 heteroatoms. The van der Waals surface area contributed by atoms with Crippen LogP contribution in [0.2, 0.25) is 0 Å². The summed E-state index contributed by atoms with van der Waals surface area (Å²) in [5.41, 5.74) is 5.30. The van der Waals surface area contributed by atoms with Gasteiger partial charge in [-0.25, -0.2) is 13.8 Å². The third-order valence-corrected chi connectivity index (χ3v) is 6.45. The van der Waals surface area contributed by atoms with Gasteiger partial charge in [-0.3, -0.25) is 13.9 Å². The number of hydrogen-bond acceptors (Lipinski definition) is 6. The van der Waals surface area contributed by atoms with Crippen LogP contribution in [0.25, 0.3) is 0 Å². The van der Waals surface area contributed by atoms with Crippen molar-refractivity contribution in [2.24, 2.45) is 5.10 Å². The highest BCUT2D eigenvalue weighted by atomic mass is 32.2. The summed E-state index contributed by atoms with van der Waals surface area (Å²) in [6.45, 7) is 3.21. The Morgan fingerprint density at radius 3 is 2.35 bits per heavy atom. The number of aryl methyl sites for hydroxylation is 1. The molecule has 2 amide bonds. The quantitative estimate of drug-likeness (QED) is 0.296. The monoisotopic (exact) mass is 522 g/mol. The molecule has 0 bridgehead atoms. The first-order chi connectivity index (χ1) is 17.6. The van der Waals surface area contributed by atoms with Gasteiger partial charge < -0.3 is 10.1 Å². The van der Waals surface area contributed by atoms with Crippen LogP contribution >= 0.6 is 0 Å². The van der Waals surface area contributed by atoms with Crippen molar-refractivity contribution in [3.8, 4) is 5.75 Å². The number of carbonyl (C=O) groups excluding carboxylic acids is 2. The Hall–Kier alpha value is -4.18. The number of carbonyl (C=O) groups is 2. The van der Waals surface area contributed by atoms with E-state index in [4.69, 9.17) is 4.74 Å². The number of anilines is 1. The average molecular weight is 523 g/mol. The second-order valence-electron chi connectivity index (χ2n) is 8.46. The van der Waals surface area contributed by atoms with Crippen LogP contribution in [-0.2, 0) is 19.6 Å². The lowest BCUT2D eigenvalue weighted by atomic mass is 10.1. The Labute approximate surface area is 217 Å². The molecule has 194 valence electrons. The van der Waals surface area contributed by atoms with E-state index in [1.54, 1.807) is 42.5 Å². The zero-order valence-electron chi connectivity index (χ0n) is 20.9. The molecular weight excluding hydrogens is 492 g/mol. The number of nitrogens with zero attached hydrogens (tertiary/aromatic N) is 2.